The molecule has 120 valence electrons. The van der Waals surface area contributed by atoms with Gasteiger partial charge in [0, 0.05) is 24.2 Å². The fourth-order valence-corrected chi connectivity index (χ4v) is 3.05. The van der Waals surface area contributed by atoms with Crippen molar-refractivity contribution < 1.29 is 9.90 Å². The Kier molecular flexibility index (Phi) is 5.15. The van der Waals surface area contributed by atoms with Crippen molar-refractivity contribution in [3.8, 4) is 11.8 Å². The summed E-state index contributed by atoms with van der Waals surface area (Å²) in [5.41, 5.74) is 2.88. The maximum Gasteiger partial charge on any atom is 0.253 e. The number of aliphatic hydroxyl groups excluding tert-OH is 1. The van der Waals surface area contributed by atoms with Gasteiger partial charge in [-0.05, 0) is 68.4 Å². The van der Waals surface area contributed by atoms with Gasteiger partial charge in [0.15, 0.2) is 0 Å². The fourth-order valence-electron chi connectivity index (χ4n) is 3.05. The first-order valence-corrected chi connectivity index (χ1v) is 8.51. The highest BCUT2D eigenvalue weighted by Gasteiger charge is 2.22. The van der Waals surface area contributed by atoms with Gasteiger partial charge in [0.25, 0.3) is 5.91 Å². The van der Waals surface area contributed by atoms with E-state index in [1.54, 1.807) is 0 Å². The number of hydrogen-bond donors (Lipinski definition) is 1. The number of aliphatic hydroxyl groups is 1. The van der Waals surface area contributed by atoms with E-state index >= 15 is 0 Å². The van der Waals surface area contributed by atoms with Crippen LogP contribution in [0.15, 0.2) is 35.9 Å². The van der Waals surface area contributed by atoms with Gasteiger partial charge in [-0.2, -0.15) is 0 Å². The van der Waals surface area contributed by atoms with Crippen LogP contribution in [0.5, 0.6) is 0 Å². The number of allylic oxidation sites excluding steroid dienone is 2. The summed E-state index contributed by atoms with van der Waals surface area (Å²) in [5, 5.41) is 9.52. The Labute approximate surface area is 138 Å². The van der Waals surface area contributed by atoms with Crippen molar-refractivity contribution in [2.75, 3.05) is 13.1 Å². The number of benzene rings is 1. The van der Waals surface area contributed by atoms with Crippen LogP contribution >= 0.6 is 0 Å². The molecule has 3 rings (SSSR count). The molecule has 0 unspecified atom stereocenters. The Morgan fingerprint density at radius 1 is 1.09 bits per heavy atom. The highest BCUT2D eigenvalue weighted by molar-refractivity contribution is 5.94. The number of likely N-dealkylation sites (tertiary alicyclic amines) is 1. The molecule has 1 aromatic rings. The van der Waals surface area contributed by atoms with E-state index in [4.69, 9.17) is 0 Å². The average Bonchev–Trinajstić information content (AvgIpc) is 2.61. The molecule has 0 atom stereocenters. The number of piperidine rings is 1. The normalized spacial score (nSPS) is 18.8. The van der Waals surface area contributed by atoms with Crippen LogP contribution in [0.25, 0.3) is 0 Å². The SMILES string of the molecule is O=C(c1ccc(C#CC2=CCCCC2)cc1)N1CCC(O)CC1. The minimum absolute atomic E-state index is 0.0476. The van der Waals surface area contributed by atoms with Crippen molar-refractivity contribution in [1.82, 2.24) is 4.90 Å². The molecule has 1 saturated heterocycles. The molecule has 1 fully saturated rings. The van der Waals surface area contributed by atoms with E-state index in [-0.39, 0.29) is 12.0 Å². The summed E-state index contributed by atoms with van der Waals surface area (Å²) in [4.78, 5) is 14.2. The Morgan fingerprint density at radius 3 is 2.48 bits per heavy atom. The summed E-state index contributed by atoms with van der Waals surface area (Å²) in [7, 11) is 0. The van der Waals surface area contributed by atoms with Crippen molar-refractivity contribution in [2.45, 2.75) is 44.6 Å². The molecular weight excluding hydrogens is 286 g/mol. The van der Waals surface area contributed by atoms with Crippen molar-refractivity contribution in [1.29, 1.82) is 0 Å². The van der Waals surface area contributed by atoms with Gasteiger partial charge >= 0.3 is 0 Å². The summed E-state index contributed by atoms with van der Waals surface area (Å²) in [6, 6.07) is 7.55. The number of carbonyl (C=O) groups excluding carboxylic acids is 1. The third kappa shape index (κ3) is 4.24. The number of rotatable bonds is 1. The van der Waals surface area contributed by atoms with Gasteiger partial charge in [0.1, 0.15) is 0 Å². The first-order chi connectivity index (χ1) is 11.2. The third-order valence-electron chi connectivity index (χ3n) is 4.54. The molecule has 0 radical (unpaired) electrons. The van der Waals surface area contributed by atoms with Gasteiger partial charge in [-0.15, -0.1) is 0 Å². The smallest absolute Gasteiger partial charge is 0.253 e. The number of carbonyl (C=O) groups is 1. The Bertz CT molecular complexity index is 640. The van der Waals surface area contributed by atoms with E-state index in [0.717, 1.165) is 18.4 Å². The van der Waals surface area contributed by atoms with E-state index in [1.807, 2.05) is 29.2 Å². The van der Waals surface area contributed by atoms with Gasteiger partial charge in [0.2, 0.25) is 0 Å². The van der Waals surface area contributed by atoms with Crippen molar-refractivity contribution in [3.63, 3.8) is 0 Å². The van der Waals surface area contributed by atoms with E-state index < -0.39 is 0 Å². The molecule has 3 heteroatoms. The molecule has 0 spiro atoms. The second-order valence-corrected chi connectivity index (χ2v) is 6.33. The van der Waals surface area contributed by atoms with Crippen LogP contribution in [0, 0.1) is 11.8 Å². The summed E-state index contributed by atoms with van der Waals surface area (Å²) >= 11 is 0. The molecule has 1 amide bonds. The van der Waals surface area contributed by atoms with E-state index in [9.17, 15) is 9.90 Å². The molecule has 23 heavy (non-hydrogen) atoms. The van der Waals surface area contributed by atoms with E-state index in [2.05, 4.69) is 17.9 Å². The van der Waals surface area contributed by atoms with Crippen LogP contribution in [0.4, 0.5) is 0 Å². The van der Waals surface area contributed by atoms with Crippen LogP contribution in [0.2, 0.25) is 0 Å². The lowest BCUT2D eigenvalue weighted by Crippen LogP contribution is -2.40. The van der Waals surface area contributed by atoms with Crippen LogP contribution in [0.3, 0.4) is 0 Å². The van der Waals surface area contributed by atoms with Crippen LogP contribution in [-0.4, -0.2) is 35.1 Å². The first-order valence-electron chi connectivity index (χ1n) is 8.51. The minimum Gasteiger partial charge on any atom is -0.393 e. The lowest BCUT2D eigenvalue weighted by atomic mass is 10.00. The molecule has 1 heterocycles. The lowest BCUT2D eigenvalue weighted by Gasteiger charge is -2.29. The summed E-state index contributed by atoms with van der Waals surface area (Å²) in [6.45, 7) is 1.27. The summed E-state index contributed by atoms with van der Waals surface area (Å²) in [5.74, 6) is 6.48. The largest absolute Gasteiger partial charge is 0.393 e. The fraction of sp³-hybridized carbons (Fsp3) is 0.450. The Hall–Kier alpha value is -2.05. The maximum absolute atomic E-state index is 12.4. The second-order valence-electron chi connectivity index (χ2n) is 6.33. The van der Waals surface area contributed by atoms with Gasteiger partial charge in [0.05, 0.1) is 6.10 Å². The molecule has 1 aliphatic heterocycles. The Balaban J connectivity index is 1.64. The summed E-state index contributed by atoms with van der Waals surface area (Å²) in [6.07, 6.45) is 8.06. The zero-order valence-electron chi connectivity index (χ0n) is 13.4. The molecule has 2 aliphatic rings. The molecule has 1 N–H and O–H groups in total. The van der Waals surface area contributed by atoms with Gasteiger partial charge in [-0.3, -0.25) is 4.79 Å². The first kappa shape index (κ1) is 15.8. The zero-order valence-corrected chi connectivity index (χ0v) is 13.4. The molecular formula is C20H23NO2. The molecule has 0 bridgehead atoms. The highest BCUT2D eigenvalue weighted by atomic mass is 16.3. The van der Waals surface area contributed by atoms with Gasteiger partial charge < -0.3 is 10.0 Å². The van der Waals surface area contributed by atoms with Gasteiger partial charge in [-0.25, -0.2) is 0 Å². The minimum atomic E-state index is -0.259. The Morgan fingerprint density at radius 2 is 1.83 bits per heavy atom. The number of hydrogen-bond acceptors (Lipinski definition) is 2. The van der Waals surface area contributed by atoms with Crippen LogP contribution < -0.4 is 0 Å². The van der Waals surface area contributed by atoms with Crippen LogP contribution in [-0.2, 0) is 0 Å². The van der Waals surface area contributed by atoms with E-state index in [1.165, 1.54) is 18.4 Å². The number of amides is 1. The number of nitrogens with zero attached hydrogens (tertiary/aromatic N) is 1. The topological polar surface area (TPSA) is 40.5 Å². The van der Waals surface area contributed by atoms with Gasteiger partial charge in [-0.1, -0.05) is 17.9 Å². The van der Waals surface area contributed by atoms with Crippen molar-refractivity contribution in [3.05, 3.63) is 47.0 Å². The maximum atomic E-state index is 12.4. The predicted octanol–water partition coefficient (Wildman–Crippen LogP) is 3.14. The molecule has 3 nitrogen and oxygen atoms in total. The molecule has 1 aliphatic carbocycles. The monoisotopic (exact) mass is 309 g/mol. The van der Waals surface area contributed by atoms with E-state index in [0.29, 0.717) is 31.5 Å². The van der Waals surface area contributed by atoms with Crippen molar-refractivity contribution in [2.24, 2.45) is 0 Å². The van der Waals surface area contributed by atoms with Crippen LogP contribution in [0.1, 0.15) is 54.4 Å². The molecule has 1 aromatic carbocycles. The molecule has 0 saturated carbocycles. The lowest BCUT2D eigenvalue weighted by molar-refractivity contribution is 0.0546. The van der Waals surface area contributed by atoms with Crippen molar-refractivity contribution >= 4 is 5.91 Å². The highest BCUT2D eigenvalue weighted by Crippen LogP contribution is 2.17. The average molecular weight is 309 g/mol. The summed E-state index contributed by atoms with van der Waals surface area (Å²) < 4.78 is 0. The third-order valence-corrected chi connectivity index (χ3v) is 4.54. The zero-order chi connectivity index (χ0) is 16.1. The standard InChI is InChI=1S/C20H23NO2/c22-19-12-14-21(15-13-19)20(23)18-10-8-17(9-11-18)7-6-16-4-2-1-3-5-16/h4,8-11,19,22H,1-3,5,12-15H2. The quantitative estimate of drug-likeness (QED) is 0.810. The molecule has 0 aromatic heterocycles. The second kappa shape index (κ2) is 7.48. The predicted molar refractivity (Wildman–Crippen MR) is 91.0 cm³/mol.